The molecule has 0 bridgehead atoms. The maximum absolute atomic E-state index is 10.9. The van der Waals surface area contributed by atoms with Gasteiger partial charge in [0.2, 0.25) is 10.0 Å². The number of sulfonamides is 1. The molecule has 5 nitrogen and oxygen atoms in total. The molecule has 0 fully saturated rings. The Morgan fingerprint density at radius 1 is 1.47 bits per heavy atom. The van der Waals surface area contributed by atoms with Gasteiger partial charge in [-0.1, -0.05) is 13.8 Å². The predicted octanol–water partition coefficient (Wildman–Crippen LogP) is 1.21. The highest BCUT2D eigenvalue weighted by Crippen LogP contribution is 2.18. The molecular formula is C8H13NO4S2. The number of ether oxygens (including phenoxy) is 1. The van der Waals surface area contributed by atoms with Crippen molar-refractivity contribution in [1.82, 2.24) is 0 Å². The van der Waals surface area contributed by atoms with E-state index in [0.29, 0.717) is 0 Å². The van der Waals surface area contributed by atoms with Crippen LogP contribution in [0, 0.1) is 0 Å². The lowest BCUT2D eigenvalue weighted by Crippen LogP contribution is -2.10. The monoisotopic (exact) mass is 251 g/mol. The van der Waals surface area contributed by atoms with Gasteiger partial charge in [0.25, 0.3) is 0 Å². The summed E-state index contributed by atoms with van der Waals surface area (Å²) in [6, 6.07) is 1.19. The Morgan fingerprint density at radius 2 is 2.00 bits per heavy atom. The minimum atomic E-state index is -3.71. The molecule has 1 aromatic heterocycles. The molecule has 7 heteroatoms. The number of carbonyl (C=O) groups is 1. The highest BCUT2D eigenvalue weighted by Gasteiger charge is 2.14. The lowest BCUT2D eigenvalue weighted by atomic mass is 10.3. The first-order valence-corrected chi connectivity index (χ1v) is 6.57. The molecule has 1 heterocycles. The molecule has 0 unspecified atom stereocenters. The number of hydrogen-bond donors (Lipinski definition) is 1. The van der Waals surface area contributed by atoms with Gasteiger partial charge < -0.3 is 4.74 Å². The lowest BCUT2D eigenvalue weighted by Gasteiger charge is -1.92. The minimum absolute atomic E-state index is 0.0482. The molecule has 15 heavy (non-hydrogen) atoms. The summed E-state index contributed by atoms with van der Waals surface area (Å²) in [5.74, 6) is -0.578. The van der Waals surface area contributed by atoms with E-state index in [1.54, 1.807) is 0 Å². The van der Waals surface area contributed by atoms with E-state index in [1.165, 1.54) is 18.6 Å². The third-order valence-corrected chi connectivity index (χ3v) is 3.66. The second-order valence-electron chi connectivity index (χ2n) is 2.19. The first-order valence-electron chi connectivity index (χ1n) is 4.15. The summed E-state index contributed by atoms with van der Waals surface area (Å²) < 4.78 is 25.9. The maximum Gasteiger partial charge on any atom is 0.338 e. The number of thiophene rings is 1. The Balaban J connectivity index is 0.000000921. The fraction of sp³-hybridized carbons (Fsp3) is 0.375. The number of esters is 1. The van der Waals surface area contributed by atoms with Crippen LogP contribution in [0.5, 0.6) is 0 Å². The molecule has 0 aliphatic carbocycles. The second kappa shape index (κ2) is 5.84. The third-order valence-electron chi connectivity index (χ3n) is 1.28. The fourth-order valence-electron chi connectivity index (χ4n) is 0.691. The zero-order valence-corrected chi connectivity index (χ0v) is 10.3. The number of nitrogens with two attached hydrogens (primary N) is 1. The molecular weight excluding hydrogens is 238 g/mol. The van der Waals surface area contributed by atoms with Crippen LogP contribution in [-0.4, -0.2) is 21.5 Å². The quantitative estimate of drug-likeness (QED) is 0.800. The standard InChI is InChI=1S/C6H7NO4S2.C2H6/c1-11-6(8)4-2-5(12-3-4)13(7,9)10;1-2/h2-3H,1H3,(H2,7,9,10);1-2H3. The molecule has 0 saturated carbocycles. The summed E-state index contributed by atoms with van der Waals surface area (Å²) in [5, 5.41) is 6.22. The van der Waals surface area contributed by atoms with Gasteiger partial charge >= 0.3 is 5.97 Å². The van der Waals surface area contributed by atoms with Crippen LogP contribution in [0.4, 0.5) is 0 Å². The Hall–Kier alpha value is -0.920. The second-order valence-corrected chi connectivity index (χ2v) is 4.89. The van der Waals surface area contributed by atoms with Crippen molar-refractivity contribution in [2.24, 2.45) is 5.14 Å². The Labute approximate surface area is 92.9 Å². The van der Waals surface area contributed by atoms with E-state index >= 15 is 0 Å². The molecule has 0 saturated heterocycles. The van der Waals surface area contributed by atoms with Gasteiger partial charge in [0.15, 0.2) is 0 Å². The molecule has 1 aromatic rings. The topological polar surface area (TPSA) is 86.5 Å². The van der Waals surface area contributed by atoms with Crippen molar-refractivity contribution in [3.63, 3.8) is 0 Å². The molecule has 0 aliphatic rings. The van der Waals surface area contributed by atoms with E-state index in [-0.39, 0.29) is 9.77 Å². The Kier molecular flexibility index (Phi) is 5.48. The van der Waals surface area contributed by atoms with Crippen molar-refractivity contribution in [3.8, 4) is 0 Å². The van der Waals surface area contributed by atoms with Gasteiger partial charge in [-0.3, -0.25) is 0 Å². The molecule has 0 amide bonds. The van der Waals surface area contributed by atoms with Crippen LogP contribution in [0.1, 0.15) is 24.2 Å². The Morgan fingerprint density at radius 3 is 2.33 bits per heavy atom. The lowest BCUT2D eigenvalue weighted by molar-refractivity contribution is 0.0601. The van der Waals surface area contributed by atoms with Crippen LogP contribution in [0.2, 0.25) is 0 Å². The van der Waals surface area contributed by atoms with E-state index in [1.807, 2.05) is 13.8 Å². The van der Waals surface area contributed by atoms with Gasteiger partial charge in [-0.05, 0) is 6.07 Å². The van der Waals surface area contributed by atoms with Crippen LogP contribution >= 0.6 is 11.3 Å². The van der Waals surface area contributed by atoms with E-state index < -0.39 is 16.0 Å². The first kappa shape index (κ1) is 14.1. The van der Waals surface area contributed by atoms with Crippen molar-refractivity contribution in [2.45, 2.75) is 18.1 Å². The largest absolute Gasteiger partial charge is 0.465 e. The molecule has 2 N–H and O–H groups in total. The summed E-state index contributed by atoms with van der Waals surface area (Å²) >= 11 is 0.886. The van der Waals surface area contributed by atoms with Crippen molar-refractivity contribution >= 4 is 27.3 Å². The highest BCUT2D eigenvalue weighted by molar-refractivity contribution is 7.91. The number of primary sulfonamides is 1. The normalized spacial score (nSPS) is 10.1. The summed E-state index contributed by atoms with van der Waals surface area (Å²) in [5.41, 5.74) is 0.191. The SMILES string of the molecule is CC.COC(=O)c1csc(S(N)(=O)=O)c1. The summed E-state index contributed by atoms with van der Waals surface area (Å²) in [4.78, 5) is 10.9. The number of hydrogen-bond acceptors (Lipinski definition) is 5. The van der Waals surface area contributed by atoms with Crippen molar-refractivity contribution in [3.05, 3.63) is 17.0 Å². The van der Waals surface area contributed by atoms with E-state index in [0.717, 1.165) is 11.3 Å². The Bertz CT molecular complexity index is 422. The van der Waals surface area contributed by atoms with Crippen molar-refractivity contribution < 1.29 is 17.9 Å². The zero-order valence-electron chi connectivity index (χ0n) is 8.68. The van der Waals surface area contributed by atoms with Crippen LogP contribution in [0.25, 0.3) is 0 Å². The molecule has 0 atom stereocenters. The number of rotatable bonds is 2. The van der Waals surface area contributed by atoms with Crippen LogP contribution in [0.3, 0.4) is 0 Å². The van der Waals surface area contributed by atoms with Crippen LogP contribution in [0.15, 0.2) is 15.7 Å². The van der Waals surface area contributed by atoms with Gasteiger partial charge in [0, 0.05) is 5.38 Å². The molecule has 0 radical (unpaired) electrons. The smallest absolute Gasteiger partial charge is 0.338 e. The van der Waals surface area contributed by atoms with E-state index in [9.17, 15) is 13.2 Å². The van der Waals surface area contributed by atoms with Gasteiger partial charge in [0.1, 0.15) is 4.21 Å². The molecule has 86 valence electrons. The average Bonchev–Trinajstić information content (AvgIpc) is 2.68. The van der Waals surface area contributed by atoms with Crippen molar-refractivity contribution in [1.29, 1.82) is 0 Å². The minimum Gasteiger partial charge on any atom is -0.465 e. The van der Waals surface area contributed by atoms with E-state index in [4.69, 9.17) is 5.14 Å². The van der Waals surface area contributed by atoms with Gasteiger partial charge in [-0.15, -0.1) is 11.3 Å². The summed E-state index contributed by atoms with van der Waals surface area (Å²) in [7, 11) is -2.49. The van der Waals surface area contributed by atoms with Crippen LogP contribution < -0.4 is 5.14 Å². The molecule has 0 aromatic carbocycles. The van der Waals surface area contributed by atoms with Gasteiger partial charge in [0.05, 0.1) is 12.7 Å². The van der Waals surface area contributed by atoms with Gasteiger partial charge in [-0.2, -0.15) is 0 Å². The van der Waals surface area contributed by atoms with E-state index in [2.05, 4.69) is 4.74 Å². The molecule has 0 spiro atoms. The van der Waals surface area contributed by atoms with Gasteiger partial charge in [-0.25, -0.2) is 18.4 Å². The number of methoxy groups -OCH3 is 1. The predicted molar refractivity (Wildman–Crippen MR) is 58.4 cm³/mol. The molecule has 1 rings (SSSR count). The third kappa shape index (κ3) is 3.98. The fourth-order valence-corrected chi connectivity index (χ4v) is 2.27. The zero-order chi connectivity index (χ0) is 12.1. The highest BCUT2D eigenvalue weighted by atomic mass is 32.2. The summed E-state index contributed by atoms with van der Waals surface area (Å²) in [6.45, 7) is 4.00. The number of carbonyl (C=O) groups excluding carboxylic acids is 1. The summed E-state index contributed by atoms with van der Waals surface area (Å²) in [6.07, 6.45) is 0. The average molecular weight is 251 g/mol. The first-order chi connectivity index (χ1) is 6.95. The van der Waals surface area contributed by atoms with Crippen LogP contribution in [-0.2, 0) is 14.8 Å². The maximum atomic E-state index is 10.9. The van der Waals surface area contributed by atoms with Crippen molar-refractivity contribution in [2.75, 3.05) is 7.11 Å². The molecule has 0 aliphatic heterocycles.